The van der Waals surface area contributed by atoms with E-state index in [2.05, 4.69) is 86.8 Å². The summed E-state index contributed by atoms with van der Waals surface area (Å²) >= 11 is 2.29. The van der Waals surface area contributed by atoms with Gasteiger partial charge >= 0.3 is 0 Å². The third kappa shape index (κ3) is 5.16. The maximum absolute atomic E-state index is 12.5. The first-order valence-electron chi connectivity index (χ1n) is 9.98. The minimum Gasteiger partial charge on any atom is -0.318 e. The molecular weight excluding hydrogens is 525 g/mol. The van der Waals surface area contributed by atoms with Crippen molar-refractivity contribution in [3.05, 3.63) is 69.2 Å². The Kier molecular flexibility index (Phi) is 7.50. The molecule has 0 bridgehead atoms. The van der Waals surface area contributed by atoms with Crippen LogP contribution >= 0.6 is 22.6 Å². The molecule has 31 heavy (non-hydrogen) atoms. The molecule has 3 rings (SSSR count). The van der Waals surface area contributed by atoms with Crippen molar-refractivity contribution in [1.82, 2.24) is 13.9 Å². The van der Waals surface area contributed by atoms with Gasteiger partial charge in [-0.15, -0.1) is 0 Å². The van der Waals surface area contributed by atoms with E-state index in [1.807, 2.05) is 13.8 Å². The van der Waals surface area contributed by atoms with Crippen LogP contribution in [0.25, 0.3) is 5.69 Å². The second-order valence-corrected chi connectivity index (χ2v) is 10.2. The molecule has 0 amide bonds. The van der Waals surface area contributed by atoms with E-state index in [0.29, 0.717) is 18.9 Å². The molecule has 2 aromatic heterocycles. The highest BCUT2D eigenvalue weighted by molar-refractivity contribution is 14.1. The fourth-order valence-electron chi connectivity index (χ4n) is 3.39. The van der Waals surface area contributed by atoms with Gasteiger partial charge in [-0.25, -0.2) is 13.4 Å². The number of sulfonamides is 1. The molecule has 0 atom stereocenters. The summed E-state index contributed by atoms with van der Waals surface area (Å²) in [7, 11) is -3.52. The van der Waals surface area contributed by atoms with Crippen LogP contribution in [-0.4, -0.2) is 41.6 Å². The van der Waals surface area contributed by atoms with Crippen molar-refractivity contribution in [2.75, 3.05) is 18.5 Å². The molecule has 0 aliphatic heterocycles. The van der Waals surface area contributed by atoms with Crippen LogP contribution < -0.4 is 5.43 Å². The van der Waals surface area contributed by atoms with Crippen LogP contribution in [0, 0.1) is 17.4 Å². The lowest BCUT2D eigenvalue weighted by Gasteiger charge is -2.18. The molecule has 1 N–H and O–H groups in total. The van der Waals surface area contributed by atoms with Gasteiger partial charge in [0.05, 0.1) is 6.21 Å². The third-order valence-electron chi connectivity index (χ3n) is 5.02. The molecule has 164 valence electrons. The zero-order valence-electron chi connectivity index (χ0n) is 18.0. The average Bonchev–Trinajstić information content (AvgIpc) is 3.03. The molecule has 0 unspecified atom stereocenters. The number of aryl methyl sites for hydroxylation is 1. The fraction of sp³-hybridized carbons (Fsp3) is 0.273. The topological polar surface area (TPSA) is 79.6 Å². The van der Waals surface area contributed by atoms with Gasteiger partial charge in [-0.1, -0.05) is 13.8 Å². The van der Waals surface area contributed by atoms with Crippen LogP contribution in [0.15, 0.2) is 58.7 Å². The van der Waals surface area contributed by atoms with Crippen LogP contribution in [0.1, 0.15) is 30.8 Å². The summed E-state index contributed by atoms with van der Waals surface area (Å²) in [5, 5.41) is 4.28. The number of halogens is 1. The lowest BCUT2D eigenvalue weighted by molar-refractivity contribution is 0.445. The van der Waals surface area contributed by atoms with Crippen molar-refractivity contribution in [2.45, 2.75) is 32.6 Å². The number of nitrogens with one attached hydrogen (secondary N) is 1. The maximum atomic E-state index is 12.5. The number of nitrogens with zero attached hydrogens (tertiary/aromatic N) is 4. The van der Waals surface area contributed by atoms with Gasteiger partial charge in [0.1, 0.15) is 10.7 Å². The summed E-state index contributed by atoms with van der Waals surface area (Å²) in [4.78, 5) is 4.36. The van der Waals surface area contributed by atoms with Crippen molar-refractivity contribution in [3.8, 4) is 5.69 Å². The summed E-state index contributed by atoms with van der Waals surface area (Å²) in [6.07, 6.45) is 3.10. The van der Waals surface area contributed by atoms with Crippen molar-refractivity contribution < 1.29 is 8.42 Å². The number of aromatic nitrogens is 2. The summed E-state index contributed by atoms with van der Waals surface area (Å²) in [5.41, 5.74) is 7.16. The van der Waals surface area contributed by atoms with Gasteiger partial charge in [0.2, 0.25) is 10.0 Å². The van der Waals surface area contributed by atoms with Gasteiger partial charge in [0, 0.05) is 45.5 Å². The normalized spacial score (nSPS) is 12.1. The molecule has 0 aliphatic carbocycles. The van der Waals surface area contributed by atoms with E-state index in [1.165, 1.54) is 14.1 Å². The molecule has 0 radical (unpaired) electrons. The number of hydrogen-bond acceptors (Lipinski definition) is 5. The van der Waals surface area contributed by atoms with E-state index in [0.717, 1.165) is 22.6 Å². The summed E-state index contributed by atoms with van der Waals surface area (Å²) < 4.78 is 29.9. The van der Waals surface area contributed by atoms with Crippen LogP contribution in [-0.2, 0) is 10.0 Å². The SMILES string of the molecule is CCN(CC)S(=O)(=O)c1ccc(NN=Cc2cc(C)n(-c3ccc(I)cc3)c2C)nc1. The van der Waals surface area contributed by atoms with E-state index in [1.54, 1.807) is 18.3 Å². The molecule has 7 nitrogen and oxygen atoms in total. The first-order valence-corrected chi connectivity index (χ1v) is 12.5. The van der Waals surface area contributed by atoms with Crippen molar-refractivity contribution in [1.29, 1.82) is 0 Å². The molecule has 0 spiro atoms. The number of anilines is 1. The average molecular weight is 551 g/mol. The largest absolute Gasteiger partial charge is 0.318 e. The van der Waals surface area contributed by atoms with Crippen LogP contribution in [0.5, 0.6) is 0 Å². The Hall–Kier alpha value is -2.24. The predicted octanol–water partition coefficient (Wildman–Crippen LogP) is 4.57. The highest BCUT2D eigenvalue weighted by Crippen LogP contribution is 2.21. The van der Waals surface area contributed by atoms with E-state index in [-0.39, 0.29) is 4.90 Å². The van der Waals surface area contributed by atoms with Gasteiger partial charge < -0.3 is 4.57 Å². The van der Waals surface area contributed by atoms with E-state index in [9.17, 15) is 8.42 Å². The van der Waals surface area contributed by atoms with Gasteiger partial charge in [-0.2, -0.15) is 9.41 Å². The van der Waals surface area contributed by atoms with E-state index >= 15 is 0 Å². The molecule has 1 aromatic carbocycles. The lowest BCUT2D eigenvalue weighted by atomic mass is 10.2. The standard InChI is InChI=1S/C22H26IN5O2S/c1-5-27(6-2)31(29,30)21-11-12-22(24-15-21)26-25-14-18-13-16(3)28(17(18)4)20-9-7-19(23)8-10-20/h7-15H,5-6H2,1-4H3,(H,24,26). The smallest absolute Gasteiger partial charge is 0.244 e. The summed E-state index contributed by atoms with van der Waals surface area (Å²) in [5.74, 6) is 0.473. The second kappa shape index (κ2) is 9.92. The minimum atomic E-state index is -3.52. The number of hydrazone groups is 1. The molecular formula is C22H26IN5O2S. The van der Waals surface area contributed by atoms with Crippen molar-refractivity contribution >= 4 is 44.6 Å². The molecule has 3 aromatic rings. The predicted molar refractivity (Wildman–Crippen MR) is 134 cm³/mol. The Morgan fingerprint density at radius 3 is 2.39 bits per heavy atom. The third-order valence-corrected chi connectivity index (χ3v) is 7.77. The van der Waals surface area contributed by atoms with Crippen molar-refractivity contribution in [2.24, 2.45) is 5.10 Å². The van der Waals surface area contributed by atoms with E-state index in [4.69, 9.17) is 0 Å². The number of hydrogen-bond donors (Lipinski definition) is 1. The summed E-state index contributed by atoms with van der Waals surface area (Å²) in [6, 6.07) is 13.6. The minimum absolute atomic E-state index is 0.173. The molecule has 0 saturated heterocycles. The van der Waals surface area contributed by atoms with Crippen LogP contribution in [0.2, 0.25) is 0 Å². The molecule has 2 heterocycles. The first kappa shape index (κ1) is 23.4. The fourth-order valence-corrected chi connectivity index (χ4v) is 5.15. The second-order valence-electron chi connectivity index (χ2n) is 6.98. The number of pyridine rings is 1. The van der Waals surface area contributed by atoms with Gasteiger partial charge in [-0.3, -0.25) is 5.43 Å². The lowest BCUT2D eigenvalue weighted by Crippen LogP contribution is -2.30. The Morgan fingerprint density at radius 1 is 1.13 bits per heavy atom. The Bertz CT molecular complexity index is 1170. The molecule has 9 heteroatoms. The van der Waals surface area contributed by atoms with Gasteiger partial charge in [0.25, 0.3) is 0 Å². The highest BCUT2D eigenvalue weighted by atomic mass is 127. The maximum Gasteiger partial charge on any atom is 0.244 e. The highest BCUT2D eigenvalue weighted by Gasteiger charge is 2.21. The Labute approximate surface area is 197 Å². The zero-order valence-corrected chi connectivity index (χ0v) is 21.0. The van der Waals surface area contributed by atoms with Crippen LogP contribution in [0.4, 0.5) is 5.82 Å². The Balaban J connectivity index is 1.74. The Morgan fingerprint density at radius 2 is 1.81 bits per heavy atom. The quantitative estimate of drug-likeness (QED) is 0.253. The number of rotatable bonds is 8. The molecule has 0 saturated carbocycles. The van der Waals surface area contributed by atoms with E-state index < -0.39 is 10.0 Å². The summed E-state index contributed by atoms with van der Waals surface area (Å²) in [6.45, 7) is 8.58. The zero-order chi connectivity index (χ0) is 22.6. The monoisotopic (exact) mass is 551 g/mol. The molecule has 0 fully saturated rings. The molecule has 0 aliphatic rings. The van der Waals surface area contributed by atoms with Crippen LogP contribution in [0.3, 0.4) is 0 Å². The van der Waals surface area contributed by atoms with Crippen molar-refractivity contribution in [3.63, 3.8) is 0 Å². The number of benzene rings is 1. The van der Waals surface area contributed by atoms with Gasteiger partial charge in [0.15, 0.2) is 0 Å². The van der Waals surface area contributed by atoms with Gasteiger partial charge in [-0.05, 0) is 78.9 Å². The first-order chi connectivity index (χ1) is 14.8.